The van der Waals surface area contributed by atoms with E-state index in [0.29, 0.717) is 0 Å². The van der Waals surface area contributed by atoms with Gasteiger partial charge in [-0.2, -0.15) is 5.10 Å². The van der Waals surface area contributed by atoms with Gasteiger partial charge in [-0.3, -0.25) is 5.10 Å². The van der Waals surface area contributed by atoms with E-state index < -0.39 is 0 Å². The maximum atomic E-state index is 5.59. The summed E-state index contributed by atoms with van der Waals surface area (Å²) in [6.07, 6.45) is 1.81. The molecule has 0 saturated carbocycles. The molecule has 19 heavy (non-hydrogen) atoms. The van der Waals surface area contributed by atoms with Gasteiger partial charge in [0.05, 0.1) is 30.7 Å². The molecule has 0 amide bonds. The number of rotatable bonds is 2. The van der Waals surface area contributed by atoms with Crippen molar-refractivity contribution < 1.29 is 4.74 Å². The first-order valence-electron chi connectivity index (χ1n) is 6.32. The van der Waals surface area contributed by atoms with Crippen molar-refractivity contribution in [3.63, 3.8) is 0 Å². The van der Waals surface area contributed by atoms with Crippen LogP contribution < -0.4 is 0 Å². The summed E-state index contributed by atoms with van der Waals surface area (Å²) < 4.78 is 5.36. The Morgan fingerprint density at radius 3 is 2.68 bits per heavy atom. The number of H-pyrrole nitrogens is 1. The normalized spacial score (nSPS) is 15.5. The third-order valence-electron chi connectivity index (χ3n) is 3.23. The molecule has 1 fully saturated rings. The number of hydrogen-bond acceptors (Lipinski definition) is 3. The van der Waals surface area contributed by atoms with E-state index in [0.717, 1.165) is 48.1 Å². The topological polar surface area (TPSA) is 41.2 Å². The quantitative estimate of drug-likeness (QED) is 0.851. The summed E-state index contributed by atoms with van der Waals surface area (Å²) in [6, 6.07) is 10.1. The Balaban J connectivity index is 1.89. The highest BCUT2D eigenvalue weighted by Gasteiger charge is 2.19. The van der Waals surface area contributed by atoms with Crippen LogP contribution in [-0.2, 0) is 4.74 Å². The van der Waals surface area contributed by atoms with E-state index in [-0.39, 0.29) is 0 Å². The third kappa shape index (κ3) is 2.52. The zero-order chi connectivity index (χ0) is 13.1. The molecule has 0 spiro atoms. The smallest absolute Gasteiger partial charge is 0.113 e. The zero-order valence-corrected chi connectivity index (χ0v) is 11.3. The molecule has 98 valence electrons. The van der Waals surface area contributed by atoms with Gasteiger partial charge in [-0.05, 0) is 0 Å². The fraction of sp³-hybridized carbons (Fsp3) is 0.286. The van der Waals surface area contributed by atoms with Crippen LogP contribution in [0.4, 0.5) is 0 Å². The highest BCUT2D eigenvalue weighted by Crippen LogP contribution is 2.22. The van der Waals surface area contributed by atoms with Gasteiger partial charge in [0.25, 0.3) is 0 Å². The van der Waals surface area contributed by atoms with Gasteiger partial charge in [0, 0.05) is 18.7 Å². The van der Waals surface area contributed by atoms with Gasteiger partial charge in [-0.25, -0.2) is 0 Å². The molecular formula is C14H15N3OS. The largest absolute Gasteiger partial charge is 0.378 e. The average molecular weight is 273 g/mol. The number of aromatic amines is 1. The second-order valence-corrected chi connectivity index (χ2v) is 4.82. The van der Waals surface area contributed by atoms with Gasteiger partial charge in [0.2, 0.25) is 0 Å². The van der Waals surface area contributed by atoms with Crippen LogP contribution >= 0.6 is 12.2 Å². The molecule has 1 aliphatic rings. The molecule has 2 heterocycles. The van der Waals surface area contributed by atoms with E-state index in [2.05, 4.69) is 27.2 Å². The SMILES string of the molecule is S=C(c1cn[nH]c1-c1ccccc1)N1CCOCC1. The summed E-state index contributed by atoms with van der Waals surface area (Å²) in [6.45, 7) is 3.16. The lowest BCUT2D eigenvalue weighted by atomic mass is 10.1. The van der Waals surface area contributed by atoms with Crippen LogP contribution in [0.15, 0.2) is 36.5 Å². The first-order valence-corrected chi connectivity index (χ1v) is 6.73. The molecule has 0 unspecified atom stereocenters. The molecule has 0 bridgehead atoms. The molecule has 4 nitrogen and oxygen atoms in total. The van der Waals surface area contributed by atoms with E-state index in [1.54, 1.807) is 6.20 Å². The minimum Gasteiger partial charge on any atom is -0.378 e. The molecule has 1 aliphatic heterocycles. The highest BCUT2D eigenvalue weighted by molar-refractivity contribution is 7.80. The van der Waals surface area contributed by atoms with E-state index in [1.807, 2.05) is 18.2 Å². The first-order chi connectivity index (χ1) is 9.36. The number of benzene rings is 1. The Hall–Kier alpha value is -1.72. The molecule has 0 aliphatic carbocycles. The summed E-state index contributed by atoms with van der Waals surface area (Å²) in [7, 11) is 0. The molecule has 5 heteroatoms. The van der Waals surface area contributed by atoms with Crippen LogP contribution in [0.25, 0.3) is 11.3 Å². The molecule has 1 N–H and O–H groups in total. The number of morpholine rings is 1. The molecule has 2 aromatic rings. The van der Waals surface area contributed by atoms with Crippen LogP contribution in [0.5, 0.6) is 0 Å². The lowest BCUT2D eigenvalue weighted by molar-refractivity contribution is 0.0693. The Morgan fingerprint density at radius 2 is 1.95 bits per heavy atom. The number of aromatic nitrogens is 2. The number of ether oxygens (including phenoxy) is 1. The maximum Gasteiger partial charge on any atom is 0.113 e. The standard InChI is InChI=1S/C14H15N3OS/c19-14(17-6-8-18-9-7-17)12-10-15-16-13(12)11-4-2-1-3-5-11/h1-5,10H,6-9H2,(H,15,16). The summed E-state index contributed by atoms with van der Waals surface area (Å²) in [4.78, 5) is 3.02. The van der Waals surface area contributed by atoms with Crippen molar-refractivity contribution in [1.82, 2.24) is 15.1 Å². The van der Waals surface area contributed by atoms with Gasteiger partial charge in [-0.15, -0.1) is 0 Å². The van der Waals surface area contributed by atoms with Crippen molar-refractivity contribution in [3.8, 4) is 11.3 Å². The second-order valence-electron chi connectivity index (χ2n) is 4.43. The number of nitrogens with one attached hydrogen (secondary N) is 1. The van der Waals surface area contributed by atoms with E-state index in [9.17, 15) is 0 Å². The van der Waals surface area contributed by atoms with E-state index >= 15 is 0 Å². The average Bonchev–Trinajstić information content (AvgIpc) is 2.98. The molecule has 1 aromatic carbocycles. The lowest BCUT2D eigenvalue weighted by Gasteiger charge is -2.29. The highest BCUT2D eigenvalue weighted by atomic mass is 32.1. The summed E-state index contributed by atoms with van der Waals surface area (Å²) in [5.41, 5.74) is 3.07. The van der Waals surface area contributed by atoms with Crippen molar-refractivity contribution in [2.24, 2.45) is 0 Å². The summed E-state index contributed by atoms with van der Waals surface area (Å²) in [5.74, 6) is 0. The van der Waals surface area contributed by atoms with Crippen molar-refractivity contribution in [2.75, 3.05) is 26.3 Å². The van der Waals surface area contributed by atoms with Gasteiger partial charge in [-0.1, -0.05) is 42.5 Å². The molecule has 1 aromatic heterocycles. The number of thiocarbonyl (C=S) groups is 1. The fourth-order valence-corrected chi connectivity index (χ4v) is 2.55. The molecule has 0 radical (unpaired) electrons. The van der Waals surface area contributed by atoms with Crippen LogP contribution in [0, 0.1) is 0 Å². The minimum absolute atomic E-state index is 0.735. The van der Waals surface area contributed by atoms with Gasteiger partial charge in [0.15, 0.2) is 0 Å². The van der Waals surface area contributed by atoms with Gasteiger partial charge >= 0.3 is 0 Å². The Kier molecular flexibility index (Phi) is 3.57. The summed E-state index contributed by atoms with van der Waals surface area (Å²) in [5, 5.41) is 7.19. The van der Waals surface area contributed by atoms with Gasteiger partial charge in [0.1, 0.15) is 4.99 Å². The zero-order valence-electron chi connectivity index (χ0n) is 10.5. The molecule has 1 saturated heterocycles. The van der Waals surface area contributed by atoms with Crippen LogP contribution in [-0.4, -0.2) is 46.4 Å². The minimum atomic E-state index is 0.735. The number of hydrogen-bond donors (Lipinski definition) is 1. The Morgan fingerprint density at radius 1 is 1.21 bits per heavy atom. The van der Waals surface area contributed by atoms with E-state index in [1.165, 1.54) is 0 Å². The van der Waals surface area contributed by atoms with Crippen LogP contribution in [0.2, 0.25) is 0 Å². The van der Waals surface area contributed by atoms with Crippen molar-refractivity contribution in [3.05, 3.63) is 42.1 Å². The molecule has 3 rings (SSSR count). The predicted octanol–water partition coefficient (Wildman–Crippen LogP) is 2.08. The fourth-order valence-electron chi connectivity index (χ4n) is 2.21. The summed E-state index contributed by atoms with van der Waals surface area (Å²) >= 11 is 5.59. The molecular weight excluding hydrogens is 258 g/mol. The van der Waals surface area contributed by atoms with Crippen LogP contribution in [0.1, 0.15) is 5.56 Å². The monoisotopic (exact) mass is 273 g/mol. The maximum absolute atomic E-state index is 5.59. The first kappa shape index (κ1) is 12.3. The molecule has 0 atom stereocenters. The third-order valence-corrected chi connectivity index (χ3v) is 3.71. The number of nitrogens with zero attached hydrogens (tertiary/aromatic N) is 2. The second kappa shape index (κ2) is 5.50. The van der Waals surface area contributed by atoms with Crippen molar-refractivity contribution >= 4 is 17.2 Å². The lowest BCUT2D eigenvalue weighted by Crippen LogP contribution is -2.40. The predicted molar refractivity (Wildman–Crippen MR) is 78.1 cm³/mol. The van der Waals surface area contributed by atoms with Gasteiger partial charge < -0.3 is 9.64 Å². The van der Waals surface area contributed by atoms with E-state index in [4.69, 9.17) is 17.0 Å². The van der Waals surface area contributed by atoms with Crippen molar-refractivity contribution in [2.45, 2.75) is 0 Å². The Labute approximate surface area is 117 Å². The van der Waals surface area contributed by atoms with Crippen LogP contribution in [0.3, 0.4) is 0 Å². The van der Waals surface area contributed by atoms with Crippen molar-refractivity contribution in [1.29, 1.82) is 0 Å². The Bertz CT molecular complexity index is 561.